The fraction of sp³-hybridized carbons (Fsp3) is 0.667. The van der Waals surface area contributed by atoms with Crippen molar-refractivity contribution in [1.29, 1.82) is 0 Å². The van der Waals surface area contributed by atoms with Crippen molar-refractivity contribution in [1.82, 2.24) is 4.90 Å². The van der Waals surface area contributed by atoms with Crippen LogP contribution in [0.3, 0.4) is 0 Å². The van der Waals surface area contributed by atoms with Crippen molar-refractivity contribution in [3.8, 4) is 0 Å². The van der Waals surface area contributed by atoms with Crippen molar-refractivity contribution in [3.63, 3.8) is 0 Å². The lowest BCUT2D eigenvalue weighted by Gasteiger charge is -2.50. The van der Waals surface area contributed by atoms with Gasteiger partial charge in [0.25, 0.3) is 0 Å². The molecule has 0 amide bonds. The van der Waals surface area contributed by atoms with Crippen LogP contribution in [0.15, 0.2) is 24.3 Å². The number of hydrogen-bond donors (Lipinski definition) is 0. The number of aryl methyl sites for hydroxylation is 1. The first-order valence-electron chi connectivity index (χ1n) is 8.22. The van der Waals surface area contributed by atoms with Gasteiger partial charge in [-0.2, -0.15) is 0 Å². The third kappa shape index (κ3) is 3.15. The Labute approximate surface area is 128 Å². The summed E-state index contributed by atoms with van der Waals surface area (Å²) < 4.78 is 11.6. The van der Waals surface area contributed by atoms with Crippen LogP contribution in [0.4, 0.5) is 0 Å². The van der Waals surface area contributed by atoms with Gasteiger partial charge in [-0.25, -0.2) is 0 Å². The summed E-state index contributed by atoms with van der Waals surface area (Å²) in [5.41, 5.74) is 2.95. The van der Waals surface area contributed by atoms with Gasteiger partial charge in [0.1, 0.15) is 0 Å². The minimum absolute atomic E-state index is 0.125. The Hall–Kier alpha value is -0.900. The van der Waals surface area contributed by atoms with Crippen molar-refractivity contribution in [2.75, 3.05) is 32.9 Å². The van der Waals surface area contributed by atoms with E-state index in [0.29, 0.717) is 5.92 Å². The van der Waals surface area contributed by atoms with Gasteiger partial charge in [0.05, 0.1) is 5.60 Å². The second-order valence-electron chi connectivity index (χ2n) is 6.46. The molecule has 1 aromatic rings. The van der Waals surface area contributed by atoms with Crippen LogP contribution in [0.1, 0.15) is 30.9 Å². The van der Waals surface area contributed by atoms with Gasteiger partial charge in [-0.3, -0.25) is 4.90 Å². The lowest BCUT2D eigenvalue weighted by Crippen LogP contribution is -2.64. The third-order valence-electron chi connectivity index (χ3n) is 5.05. The molecule has 1 unspecified atom stereocenters. The summed E-state index contributed by atoms with van der Waals surface area (Å²) in [6.07, 6.45) is 2.34. The Balaban J connectivity index is 1.53. The molecule has 0 saturated carbocycles. The molecule has 0 aliphatic carbocycles. The van der Waals surface area contributed by atoms with Gasteiger partial charge in [0.15, 0.2) is 0 Å². The molecule has 1 atom stereocenters. The Morgan fingerprint density at radius 1 is 1.33 bits per heavy atom. The van der Waals surface area contributed by atoms with E-state index in [0.717, 1.165) is 45.9 Å². The van der Waals surface area contributed by atoms with Crippen LogP contribution in [-0.2, 0) is 16.0 Å². The quantitative estimate of drug-likeness (QED) is 0.751. The summed E-state index contributed by atoms with van der Waals surface area (Å²) in [6, 6.07) is 8.68. The van der Waals surface area contributed by atoms with Crippen LogP contribution >= 0.6 is 0 Å². The smallest absolute Gasteiger partial charge is 0.0964 e. The zero-order valence-corrected chi connectivity index (χ0v) is 13.3. The molecule has 1 spiro atoms. The van der Waals surface area contributed by atoms with E-state index in [9.17, 15) is 0 Å². The average Bonchev–Trinajstić information content (AvgIpc) is 2.85. The van der Waals surface area contributed by atoms with Gasteiger partial charge in [-0.1, -0.05) is 24.3 Å². The molecule has 2 saturated heterocycles. The predicted molar refractivity (Wildman–Crippen MR) is 84.4 cm³/mol. The summed E-state index contributed by atoms with van der Waals surface area (Å²) in [7, 11) is 0. The van der Waals surface area contributed by atoms with Gasteiger partial charge < -0.3 is 9.47 Å². The fourth-order valence-electron chi connectivity index (χ4n) is 3.76. The number of benzene rings is 1. The number of likely N-dealkylation sites (tertiary alicyclic amines) is 1. The lowest BCUT2D eigenvalue weighted by molar-refractivity contribution is -0.139. The van der Waals surface area contributed by atoms with E-state index in [1.165, 1.54) is 17.5 Å². The first-order chi connectivity index (χ1) is 10.2. The highest BCUT2D eigenvalue weighted by Gasteiger charge is 2.52. The molecule has 0 N–H and O–H groups in total. The Kier molecular flexibility index (Phi) is 4.63. The molecule has 2 heterocycles. The average molecular weight is 289 g/mol. The zero-order chi connectivity index (χ0) is 14.7. The van der Waals surface area contributed by atoms with Gasteiger partial charge in [0.2, 0.25) is 0 Å². The molecule has 2 aliphatic heterocycles. The molecular weight excluding hydrogens is 262 g/mol. The Morgan fingerprint density at radius 2 is 2.14 bits per heavy atom. The van der Waals surface area contributed by atoms with Crippen LogP contribution in [-0.4, -0.2) is 43.4 Å². The van der Waals surface area contributed by atoms with E-state index in [1.807, 2.05) is 0 Å². The largest absolute Gasteiger partial charge is 0.382 e. The van der Waals surface area contributed by atoms with Crippen molar-refractivity contribution < 1.29 is 9.47 Å². The summed E-state index contributed by atoms with van der Waals surface area (Å²) >= 11 is 0. The molecule has 3 heteroatoms. The predicted octanol–water partition coefficient (Wildman–Crippen LogP) is 3.01. The first-order valence-corrected chi connectivity index (χ1v) is 8.22. The van der Waals surface area contributed by atoms with Gasteiger partial charge in [0, 0.05) is 39.5 Å². The Bertz CT molecular complexity index is 468. The van der Waals surface area contributed by atoms with Crippen LogP contribution < -0.4 is 0 Å². The molecule has 3 rings (SSSR count). The van der Waals surface area contributed by atoms with Gasteiger partial charge in [-0.15, -0.1) is 0 Å². The topological polar surface area (TPSA) is 21.7 Å². The zero-order valence-electron chi connectivity index (χ0n) is 13.3. The molecule has 116 valence electrons. The van der Waals surface area contributed by atoms with Crippen LogP contribution in [0.2, 0.25) is 0 Å². The maximum Gasteiger partial charge on any atom is 0.0964 e. The highest BCUT2D eigenvalue weighted by Crippen LogP contribution is 2.42. The van der Waals surface area contributed by atoms with Crippen LogP contribution in [0.5, 0.6) is 0 Å². The van der Waals surface area contributed by atoms with E-state index < -0.39 is 0 Å². The summed E-state index contributed by atoms with van der Waals surface area (Å²) in [4.78, 5) is 2.52. The number of hydrogen-bond acceptors (Lipinski definition) is 3. The molecule has 2 aliphatic rings. The van der Waals surface area contributed by atoms with Gasteiger partial charge in [-0.05, 0) is 43.7 Å². The monoisotopic (exact) mass is 289 g/mol. The second kappa shape index (κ2) is 6.47. The van der Waals surface area contributed by atoms with Crippen molar-refractivity contribution >= 4 is 0 Å². The van der Waals surface area contributed by atoms with Crippen molar-refractivity contribution in [3.05, 3.63) is 35.4 Å². The SMILES string of the molecule is CCOCCC1CCOC12CN(Cc1ccccc1C)C2. The maximum atomic E-state index is 6.12. The minimum atomic E-state index is 0.125. The molecule has 1 aromatic carbocycles. The summed E-state index contributed by atoms with van der Waals surface area (Å²) in [5.74, 6) is 0.678. The standard InChI is InChI=1S/C18H27NO2/c1-3-20-10-8-17-9-11-21-18(17)13-19(14-18)12-16-7-5-4-6-15(16)2/h4-7,17H,3,8-14H2,1-2H3. The second-order valence-corrected chi connectivity index (χ2v) is 6.46. The van der Waals surface area contributed by atoms with Crippen molar-refractivity contribution in [2.24, 2.45) is 5.92 Å². The highest BCUT2D eigenvalue weighted by molar-refractivity contribution is 5.26. The molecule has 2 fully saturated rings. The number of rotatable bonds is 6. The third-order valence-corrected chi connectivity index (χ3v) is 5.05. The molecule has 21 heavy (non-hydrogen) atoms. The lowest BCUT2D eigenvalue weighted by atomic mass is 9.79. The van der Waals surface area contributed by atoms with E-state index in [1.54, 1.807) is 0 Å². The molecule has 0 radical (unpaired) electrons. The van der Waals surface area contributed by atoms with E-state index in [2.05, 4.69) is 43.0 Å². The van der Waals surface area contributed by atoms with E-state index in [4.69, 9.17) is 9.47 Å². The van der Waals surface area contributed by atoms with Crippen molar-refractivity contribution in [2.45, 2.75) is 38.8 Å². The number of ether oxygens (including phenoxy) is 2. The summed E-state index contributed by atoms with van der Waals surface area (Å²) in [5, 5.41) is 0. The molecule has 3 nitrogen and oxygen atoms in total. The van der Waals surface area contributed by atoms with E-state index in [-0.39, 0.29) is 5.60 Å². The Morgan fingerprint density at radius 3 is 2.90 bits per heavy atom. The van der Waals surface area contributed by atoms with Gasteiger partial charge >= 0.3 is 0 Å². The van der Waals surface area contributed by atoms with E-state index >= 15 is 0 Å². The van der Waals surface area contributed by atoms with Crippen LogP contribution in [0.25, 0.3) is 0 Å². The fourth-order valence-corrected chi connectivity index (χ4v) is 3.76. The molecule has 0 bridgehead atoms. The molecule has 0 aromatic heterocycles. The maximum absolute atomic E-state index is 6.12. The normalized spacial score (nSPS) is 24.4. The molecular formula is C18H27NO2. The van der Waals surface area contributed by atoms with Crippen LogP contribution in [0, 0.1) is 12.8 Å². The summed E-state index contributed by atoms with van der Waals surface area (Å²) in [6.45, 7) is 10.1. The number of nitrogens with zero attached hydrogens (tertiary/aromatic N) is 1. The first kappa shape index (κ1) is 15.0. The minimum Gasteiger partial charge on any atom is -0.382 e. The highest BCUT2D eigenvalue weighted by atomic mass is 16.5.